The minimum absolute atomic E-state index is 0.320. The molecule has 4 nitrogen and oxygen atoms in total. The van der Waals surface area contributed by atoms with Crippen LogP contribution in [-0.4, -0.2) is 31.0 Å². The number of hydrogen-bond acceptors (Lipinski definition) is 4. The second-order valence-electron chi connectivity index (χ2n) is 3.84. The maximum absolute atomic E-state index is 9.61. The topological polar surface area (TPSA) is 65.3 Å². The van der Waals surface area contributed by atoms with Crippen molar-refractivity contribution in [2.24, 2.45) is 0 Å². The highest BCUT2D eigenvalue weighted by molar-refractivity contribution is 5.55. The van der Waals surface area contributed by atoms with Gasteiger partial charge in [-0.25, -0.2) is 0 Å². The van der Waals surface area contributed by atoms with Gasteiger partial charge >= 0.3 is 0 Å². The molecule has 17 heavy (non-hydrogen) atoms. The lowest BCUT2D eigenvalue weighted by Gasteiger charge is -2.14. The number of ether oxygens (including phenoxy) is 1. The van der Waals surface area contributed by atoms with Crippen molar-refractivity contribution in [3.05, 3.63) is 29.3 Å². The minimum atomic E-state index is -0.542. The molecule has 2 N–H and O–H groups in total. The van der Waals surface area contributed by atoms with E-state index in [1.807, 2.05) is 19.9 Å². The Hall–Kier alpha value is -1.57. The molecule has 1 unspecified atom stereocenters. The molecule has 1 atom stereocenters. The Kier molecular flexibility index (Phi) is 5.47. The molecular formula is C13H18N2O2. The first kappa shape index (κ1) is 13.5. The summed E-state index contributed by atoms with van der Waals surface area (Å²) in [7, 11) is 0. The van der Waals surface area contributed by atoms with Gasteiger partial charge in [0.1, 0.15) is 0 Å². The first-order valence-electron chi connectivity index (χ1n) is 5.67. The van der Waals surface area contributed by atoms with Crippen LogP contribution in [0.4, 0.5) is 5.69 Å². The number of hydrogen-bond donors (Lipinski definition) is 2. The van der Waals surface area contributed by atoms with E-state index < -0.39 is 6.10 Å². The van der Waals surface area contributed by atoms with Gasteiger partial charge in [-0.3, -0.25) is 0 Å². The quantitative estimate of drug-likeness (QED) is 0.786. The van der Waals surface area contributed by atoms with Crippen molar-refractivity contribution in [2.45, 2.75) is 20.0 Å². The van der Waals surface area contributed by atoms with Crippen LogP contribution in [0.15, 0.2) is 18.2 Å². The highest BCUT2D eigenvalue weighted by Crippen LogP contribution is 2.16. The summed E-state index contributed by atoms with van der Waals surface area (Å²) in [6.07, 6.45) is -0.542. The molecule has 0 fully saturated rings. The molecular weight excluding hydrogens is 216 g/mol. The molecule has 0 heterocycles. The van der Waals surface area contributed by atoms with E-state index in [0.717, 1.165) is 11.3 Å². The Bertz CT molecular complexity index is 399. The molecule has 4 heteroatoms. The minimum Gasteiger partial charge on any atom is -0.389 e. The molecule has 0 spiro atoms. The van der Waals surface area contributed by atoms with Gasteiger partial charge in [0.2, 0.25) is 0 Å². The first-order valence-corrected chi connectivity index (χ1v) is 5.67. The second-order valence-corrected chi connectivity index (χ2v) is 3.84. The van der Waals surface area contributed by atoms with Crippen LogP contribution in [0.2, 0.25) is 0 Å². The molecule has 0 aliphatic rings. The van der Waals surface area contributed by atoms with Gasteiger partial charge in [0.25, 0.3) is 0 Å². The molecule has 0 bridgehead atoms. The molecule has 0 saturated heterocycles. The number of aliphatic hydroxyl groups excluding tert-OH is 1. The number of aryl methyl sites for hydroxylation is 1. The highest BCUT2D eigenvalue weighted by Gasteiger charge is 2.05. The summed E-state index contributed by atoms with van der Waals surface area (Å²) in [5, 5.41) is 21.5. The third kappa shape index (κ3) is 4.43. The first-order chi connectivity index (χ1) is 8.17. The largest absolute Gasteiger partial charge is 0.389 e. The fourth-order valence-corrected chi connectivity index (χ4v) is 1.42. The van der Waals surface area contributed by atoms with Crippen molar-refractivity contribution in [1.82, 2.24) is 0 Å². The van der Waals surface area contributed by atoms with Crippen LogP contribution in [-0.2, 0) is 4.74 Å². The van der Waals surface area contributed by atoms with Crippen molar-refractivity contribution in [3.8, 4) is 6.07 Å². The van der Waals surface area contributed by atoms with Crippen LogP contribution >= 0.6 is 0 Å². The molecule has 92 valence electrons. The van der Waals surface area contributed by atoms with E-state index in [-0.39, 0.29) is 0 Å². The van der Waals surface area contributed by atoms with Crippen LogP contribution < -0.4 is 5.32 Å². The smallest absolute Gasteiger partial charge is 0.0992 e. The maximum Gasteiger partial charge on any atom is 0.0992 e. The predicted molar refractivity (Wildman–Crippen MR) is 66.9 cm³/mol. The lowest BCUT2D eigenvalue weighted by Crippen LogP contribution is -2.25. The van der Waals surface area contributed by atoms with Crippen LogP contribution in [0.25, 0.3) is 0 Å². The van der Waals surface area contributed by atoms with Crippen molar-refractivity contribution in [1.29, 1.82) is 5.26 Å². The molecule has 0 radical (unpaired) electrons. The van der Waals surface area contributed by atoms with Gasteiger partial charge in [0.05, 0.1) is 24.3 Å². The van der Waals surface area contributed by atoms with E-state index in [4.69, 9.17) is 10.00 Å². The monoisotopic (exact) mass is 234 g/mol. The molecule has 1 aromatic rings. The Morgan fingerprint density at radius 2 is 2.29 bits per heavy atom. The zero-order chi connectivity index (χ0) is 12.7. The van der Waals surface area contributed by atoms with Crippen molar-refractivity contribution >= 4 is 5.69 Å². The van der Waals surface area contributed by atoms with Crippen LogP contribution in [0.5, 0.6) is 0 Å². The third-order valence-electron chi connectivity index (χ3n) is 2.41. The summed E-state index contributed by atoms with van der Waals surface area (Å²) in [5.41, 5.74) is 2.53. The van der Waals surface area contributed by atoms with E-state index in [0.29, 0.717) is 25.3 Å². The molecule has 1 aromatic carbocycles. The van der Waals surface area contributed by atoms with Gasteiger partial charge in [-0.15, -0.1) is 0 Å². The molecule has 0 saturated carbocycles. The lowest BCUT2D eigenvalue weighted by molar-refractivity contribution is 0.0496. The van der Waals surface area contributed by atoms with E-state index >= 15 is 0 Å². The fraction of sp³-hybridized carbons (Fsp3) is 0.462. The lowest BCUT2D eigenvalue weighted by atomic mass is 10.1. The number of anilines is 1. The Morgan fingerprint density at radius 3 is 2.94 bits per heavy atom. The molecule has 0 amide bonds. The van der Waals surface area contributed by atoms with E-state index in [9.17, 15) is 5.11 Å². The number of nitriles is 1. The van der Waals surface area contributed by atoms with E-state index in [2.05, 4.69) is 11.4 Å². The zero-order valence-electron chi connectivity index (χ0n) is 10.2. The zero-order valence-corrected chi connectivity index (χ0v) is 10.2. The summed E-state index contributed by atoms with van der Waals surface area (Å²) < 4.78 is 5.12. The highest BCUT2D eigenvalue weighted by atomic mass is 16.5. The van der Waals surface area contributed by atoms with Gasteiger partial charge in [-0.05, 0) is 31.5 Å². The van der Waals surface area contributed by atoms with Crippen molar-refractivity contribution in [2.75, 3.05) is 25.1 Å². The normalized spacial score (nSPS) is 11.9. The number of nitrogens with one attached hydrogen (secondary N) is 1. The van der Waals surface area contributed by atoms with E-state index in [1.54, 1.807) is 12.1 Å². The van der Waals surface area contributed by atoms with Gasteiger partial charge < -0.3 is 15.2 Å². The van der Waals surface area contributed by atoms with Crippen LogP contribution in [0, 0.1) is 18.3 Å². The number of rotatable bonds is 6. The molecule has 0 aliphatic carbocycles. The van der Waals surface area contributed by atoms with Crippen LogP contribution in [0.1, 0.15) is 18.1 Å². The average Bonchev–Trinajstić information content (AvgIpc) is 2.35. The van der Waals surface area contributed by atoms with Crippen LogP contribution in [0.3, 0.4) is 0 Å². The summed E-state index contributed by atoms with van der Waals surface area (Å²) in [5.74, 6) is 0. The van der Waals surface area contributed by atoms with Gasteiger partial charge in [0, 0.05) is 18.8 Å². The summed E-state index contributed by atoms with van der Waals surface area (Å²) in [6, 6.07) is 7.53. The SMILES string of the molecule is CCOCC(O)CNc1cc(C#N)ccc1C. The molecule has 0 aromatic heterocycles. The maximum atomic E-state index is 9.61. The number of nitrogens with zero attached hydrogens (tertiary/aromatic N) is 1. The number of benzene rings is 1. The standard InChI is InChI=1S/C13H18N2O2/c1-3-17-9-12(16)8-15-13-6-11(7-14)5-4-10(13)2/h4-6,12,15-16H,3,8-9H2,1-2H3. The third-order valence-corrected chi connectivity index (χ3v) is 2.41. The number of aliphatic hydroxyl groups is 1. The average molecular weight is 234 g/mol. The Balaban J connectivity index is 2.54. The Morgan fingerprint density at radius 1 is 1.53 bits per heavy atom. The second kappa shape index (κ2) is 6.89. The fourth-order valence-electron chi connectivity index (χ4n) is 1.42. The Labute approximate surface area is 102 Å². The summed E-state index contributed by atoms with van der Waals surface area (Å²) in [4.78, 5) is 0. The molecule has 0 aliphatic heterocycles. The summed E-state index contributed by atoms with van der Waals surface area (Å²) >= 11 is 0. The van der Waals surface area contributed by atoms with Crippen molar-refractivity contribution < 1.29 is 9.84 Å². The summed E-state index contributed by atoms with van der Waals surface area (Å²) in [6.45, 7) is 5.18. The van der Waals surface area contributed by atoms with Gasteiger partial charge in [-0.1, -0.05) is 6.07 Å². The van der Waals surface area contributed by atoms with Gasteiger partial charge in [0.15, 0.2) is 0 Å². The predicted octanol–water partition coefficient (Wildman–Crippen LogP) is 1.68. The van der Waals surface area contributed by atoms with E-state index in [1.165, 1.54) is 0 Å². The van der Waals surface area contributed by atoms with Crippen molar-refractivity contribution in [3.63, 3.8) is 0 Å². The molecule has 1 rings (SSSR count). The van der Waals surface area contributed by atoms with Gasteiger partial charge in [-0.2, -0.15) is 5.26 Å².